The molecule has 1 atom stereocenters. The molecular formula is C24H26Cl2N4O3. The average Bonchev–Trinajstić information content (AvgIpc) is 3.30. The van der Waals surface area contributed by atoms with Gasteiger partial charge in [-0.05, 0) is 48.7 Å². The Bertz CT molecular complexity index is 1050. The van der Waals surface area contributed by atoms with Gasteiger partial charge in [-0.1, -0.05) is 35.3 Å². The molecule has 0 radical (unpaired) electrons. The van der Waals surface area contributed by atoms with Crippen molar-refractivity contribution >= 4 is 40.9 Å². The number of piperazine rings is 1. The van der Waals surface area contributed by atoms with Crippen LogP contribution in [-0.4, -0.2) is 71.2 Å². The molecule has 4 rings (SSSR count). The number of benzene rings is 2. The summed E-state index contributed by atoms with van der Waals surface area (Å²) in [5.41, 5.74) is 7.20. The number of primary amides is 1. The topological polar surface area (TPSA) is 87.0 Å². The molecule has 0 saturated carbocycles. The van der Waals surface area contributed by atoms with Crippen molar-refractivity contribution in [1.29, 1.82) is 0 Å². The molecule has 2 saturated heterocycles. The van der Waals surface area contributed by atoms with Gasteiger partial charge in [0.2, 0.25) is 11.8 Å². The molecule has 2 aliphatic rings. The third-order valence-corrected chi connectivity index (χ3v) is 6.85. The number of likely N-dealkylation sites (tertiary alicyclic amines) is 1. The van der Waals surface area contributed by atoms with Crippen LogP contribution in [0.1, 0.15) is 39.1 Å². The van der Waals surface area contributed by atoms with E-state index in [4.69, 9.17) is 28.9 Å². The fourth-order valence-electron chi connectivity index (χ4n) is 4.45. The van der Waals surface area contributed by atoms with E-state index in [0.29, 0.717) is 47.2 Å². The molecule has 2 N–H and O–H groups in total. The summed E-state index contributed by atoms with van der Waals surface area (Å²) in [5, 5.41) is 0.769. The monoisotopic (exact) mass is 488 g/mol. The zero-order valence-electron chi connectivity index (χ0n) is 18.2. The molecule has 2 aromatic rings. The van der Waals surface area contributed by atoms with E-state index in [-0.39, 0.29) is 11.8 Å². The third-order valence-electron chi connectivity index (χ3n) is 6.29. The van der Waals surface area contributed by atoms with Gasteiger partial charge in [-0.15, -0.1) is 0 Å². The van der Waals surface area contributed by atoms with E-state index in [2.05, 4.69) is 4.90 Å². The quantitative estimate of drug-likeness (QED) is 0.700. The second-order valence-electron chi connectivity index (χ2n) is 8.44. The van der Waals surface area contributed by atoms with Crippen LogP contribution < -0.4 is 5.73 Å². The molecule has 7 nitrogen and oxygen atoms in total. The maximum Gasteiger partial charge on any atom is 0.256 e. The maximum absolute atomic E-state index is 13.3. The number of hydrogen-bond donors (Lipinski definition) is 1. The van der Waals surface area contributed by atoms with E-state index < -0.39 is 11.9 Å². The molecule has 0 spiro atoms. The van der Waals surface area contributed by atoms with Crippen LogP contribution in [-0.2, 0) is 11.3 Å². The number of carbonyl (C=O) groups excluding carboxylic acids is 3. The molecule has 3 amide bonds. The van der Waals surface area contributed by atoms with Gasteiger partial charge in [0, 0.05) is 49.9 Å². The normalized spacial score (nSPS) is 19.0. The highest BCUT2D eigenvalue weighted by Crippen LogP contribution is 2.27. The van der Waals surface area contributed by atoms with E-state index in [1.807, 2.05) is 17.0 Å². The van der Waals surface area contributed by atoms with Crippen molar-refractivity contribution in [1.82, 2.24) is 14.7 Å². The third kappa shape index (κ3) is 5.32. The largest absolute Gasteiger partial charge is 0.366 e. The molecule has 9 heteroatoms. The summed E-state index contributed by atoms with van der Waals surface area (Å²) in [6, 6.07) is 11.6. The van der Waals surface area contributed by atoms with Crippen LogP contribution >= 0.6 is 23.2 Å². The first-order valence-electron chi connectivity index (χ1n) is 11.0. The summed E-state index contributed by atoms with van der Waals surface area (Å²) in [6.07, 6.45) is 1.43. The van der Waals surface area contributed by atoms with Crippen molar-refractivity contribution in [3.63, 3.8) is 0 Å². The summed E-state index contributed by atoms with van der Waals surface area (Å²) < 4.78 is 0. The Morgan fingerprint density at radius 3 is 2.30 bits per heavy atom. The number of carbonyl (C=O) groups is 3. The van der Waals surface area contributed by atoms with Gasteiger partial charge in [-0.2, -0.15) is 0 Å². The Morgan fingerprint density at radius 1 is 0.939 bits per heavy atom. The smallest absolute Gasteiger partial charge is 0.256 e. The fraction of sp³-hybridized carbons (Fsp3) is 0.375. The second kappa shape index (κ2) is 10.1. The molecule has 0 aliphatic carbocycles. The molecule has 0 bridgehead atoms. The Balaban J connectivity index is 1.35. The predicted molar refractivity (Wildman–Crippen MR) is 127 cm³/mol. The molecular weight excluding hydrogens is 463 g/mol. The lowest BCUT2D eigenvalue weighted by molar-refractivity contribution is -0.137. The highest BCUT2D eigenvalue weighted by molar-refractivity contribution is 6.35. The van der Waals surface area contributed by atoms with Gasteiger partial charge >= 0.3 is 0 Å². The van der Waals surface area contributed by atoms with Crippen molar-refractivity contribution < 1.29 is 14.4 Å². The van der Waals surface area contributed by atoms with Crippen molar-refractivity contribution in [3.05, 3.63) is 69.2 Å². The molecule has 2 fully saturated rings. The molecule has 2 heterocycles. The van der Waals surface area contributed by atoms with Crippen LogP contribution in [0.15, 0.2) is 42.5 Å². The standard InChI is InChI=1S/C24H26Cl2N4O3/c25-18-7-8-20(26)19(14-18)23(32)30-9-1-2-21(30)24(33)29-12-10-28(11-13-29)15-16-3-5-17(6-4-16)22(27)31/h3-8,14,21H,1-2,9-13,15H2,(H2,27,31). The van der Waals surface area contributed by atoms with Gasteiger partial charge in [0.15, 0.2) is 0 Å². The van der Waals surface area contributed by atoms with E-state index in [1.54, 1.807) is 35.2 Å². The second-order valence-corrected chi connectivity index (χ2v) is 9.29. The van der Waals surface area contributed by atoms with Crippen LogP contribution in [0.25, 0.3) is 0 Å². The summed E-state index contributed by atoms with van der Waals surface area (Å²) in [7, 11) is 0. The van der Waals surface area contributed by atoms with Gasteiger partial charge in [0.25, 0.3) is 5.91 Å². The first-order chi connectivity index (χ1) is 15.8. The van der Waals surface area contributed by atoms with Crippen molar-refractivity contribution in [3.8, 4) is 0 Å². The Labute approximate surface area is 203 Å². The molecule has 174 valence electrons. The van der Waals surface area contributed by atoms with E-state index in [1.165, 1.54) is 0 Å². The number of hydrogen-bond acceptors (Lipinski definition) is 4. The van der Waals surface area contributed by atoms with Gasteiger partial charge in [0.05, 0.1) is 10.6 Å². The van der Waals surface area contributed by atoms with Crippen LogP contribution in [0.3, 0.4) is 0 Å². The SMILES string of the molecule is NC(=O)c1ccc(CN2CCN(C(=O)C3CCCN3C(=O)c3cc(Cl)ccc3Cl)CC2)cc1. The minimum Gasteiger partial charge on any atom is -0.366 e. The average molecular weight is 489 g/mol. The Kier molecular flexibility index (Phi) is 7.22. The fourth-order valence-corrected chi connectivity index (χ4v) is 4.82. The van der Waals surface area contributed by atoms with Crippen LogP contribution in [0, 0.1) is 0 Å². The summed E-state index contributed by atoms with van der Waals surface area (Å²) in [6.45, 7) is 3.96. The summed E-state index contributed by atoms with van der Waals surface area (Å²) in [4.78, 5) is 43.4. The number of nitrogens with two attached hydrogens (primary N) is 1. The van der Waals surface area contributed by atoms with Crippen LogP contribution in [0.2, 0.25) is 10.0 Å². The number of nitrogens with zero attached hydrogens (tertiary/aromatic N) is 3. The zero-order valence-corrected chi connectivity index (χ0v) is 19.7. The van der Waals surface area contributed by atoms with Crippen molar-refractivity contribution in [2.45, 2.75) is 25.4 Å². The first kappa shape index (κ1) is 23.5. The van der Waals surface area contributed by atoms with Crippen LogP contribution in [0.4, 0.5) is 0 Å². The van der Waals surface area contributed by atoms with E-state index in [0.717, 1.165) is 31.6 Å². The van der Waals surface area contributed by atoms with E-state index in [9.17, 15) is 14.4 Å². The number of rotatable bonds is 5. The Hall–Kier alpha value is -2.61. The lowest BCUT2D eigenvalue weighted by atomic mass is 10.1. The van der Waals surface area contributed by atoms with Crippen molar-refractivity contribution in [2.75, 3.05) is 32.7 Å². The lowest BCUT2D eigenvalue weighted by Gasteiger charge is -2.37. The van der Waals surface area contributed by atoms with Gasteiger partial charge in [-0.3, -0.25) is 19.3 Å². The maximum atomic E-state index is 13.3. The highest BCUT2D eigenvalue weighted by Gasteiger charge is 2.38. The zero-order chi connectivity index (χ0) is 23.5. The summed E-state index contributed by atoms with van der Waals surface area (Å²) >= 11 is 12.3. The van der Waals surface area contributed by atoms with Gasteiger partial charge in [0.1, 0.15) is 6.04 Å². The minimum absolute atomic E-state index is 0.00976. The minimum atomic E-state index is -0.472. The van der Waals surface area contributed by atoms with Crippen LogP contribution in [0.5, 0.6) is 0 Å². The lowest BCUT2D eigenvalue weighted by Crippen LogP contribution is -2.54. The first-order valence-corrected chi connectivity index (χ1v) is 11.7. The number of halogens is 2. The van der Waals surface area contributed by atoms with Gasteiger partial charge in [-0.25, -0.2) is 0 Å². The van der Waals surface area contributed by atoms with Crippen molar-refractivity contribution in [2.24, 2.45) is 5.73 Å². The molecule has 2 aliphatic heterocycles. The van der Waals surface area contributed by atoms with E-state index >= 15 is 0 Å². The molecule has 2 aromatic carbocycles. The van der Waals surface area contributed by atoms with Gasteiger partial charge < -0.3 is 15.5 Å². The molecule has 1 unspecified atom stereocenters. The highest BCUT2D eigenvalue weighted by atomic mass is 35.5. The summed E-state index contributed by atoms with van der Waals surface area (Å²) in [5.74, 6) is -0.702. The predicted octanol–water partition coefficient (Wildman–Crippen LogP) is 3.04. The number of amides is 3. The Morgan fingerprint density at radius 2 is 1.64 bits per heavy atom. The molecule has 33 heavy (non-hydrogen) atoms. The molecule has 0 aromatic heterocycles.